The molecular formula is C15H17Cl2NO2. The second-order valence-corrected chi connectivity index (χ2v) is 5.74. The molecule has 0 fully saturated rings. The van der Waals surface area contributed by atoms with Crippen molar-refractivity contribution in [1.29, 1.82) is 0 Å². The van der Waals surface area contributed by atoms with E-state index < -0.39 is 6.10 Å². The highest BCUT2D eigenvalue weighted by Gasteiger charge is 2.18. The van der Waals surface area contributed by atoms with Gasteiger partial charge in [0.2, 0.25) is 5.91 Å². The van der Waals surface area contributed by atoms with E-state index in [0.717, 1.165) is 12.8 Å². The predicted molar refractivity (Wildman–Crippen MR) is 80.9 cm³/mol. The minimum Gasteiger partial charge on any atom is -0.386 e. The lowest BCUT2D eigenvalue weighted by Crippen LogP contribution is -2.29. The molecule has 0 aromatic heterocycles. The summed E-state index contributed by atoms with van der Waals surface area (Å²) in [5, 5.41) is 13.6. The molecule has 0 aliphatic heterocycles. The molecule has 1 aliphatic rings. The summed E-state index contributed by atoms with van der Waals surface area (Å²) in [7, 11) is 0. The second kappa shape index (κ2) is 7.11. The Morgan fingerprint density at radius 3 is 2.70 bits per heavy atom. The van der Waals surface area contributed by atoms with E-state index in [2.05, 4.69) is 17.5 Å². The monoisotopic (exact) mass is 313 g/mol. The van der Waals surface area contributed by atoms with Gasteiger partial charge in [-0.2, -0.15) is 0 Å². The first-order valence-electron chi connectivity index (χ1n) is 6.63. The highest BCUT2D eigenvalue weighted by molar-refractivity contribution is 6.36. The van der Waals surface area contributed by atoms with E-state index in [1.54, 1.807) is 18.2 Å². The number of amides is 1. The van der Waals surface area contributed by atoms with Crippen molar-refractivity contribution >= 4 is 29.1 Å². The number of benzene rings is 1. The first kappa shape index (κ1) is 15.4. The third-order valence-electron chi connectivity index (χ3n) is 3.39. The van der Waals surface area contributed by atoms with E-state index in [-0.39, 0.29) is 12.5 Å². The predicted octanol–water partition coefficient (Wildman–Crippen LogP) is 3.50. The molecule has 0 saturated carbocycles. The van der Waals surface area contributed by atoms with Gasteiger partial charge in [-0.15, -0.1) is 0 Å². The number of hydrogen-bond donors (Lipinski definition) is 2. The lowest BCUT2D eigenvalue weighted by molar-refractivity contribution is -0.122. The zero-order valence-corrected chi connectivity index (χ0v) is 12.5. The van der Waals surface area contributed by atoms with Crippen molar-refractivity contribution in [3.8, 4) is 0 Å². The van der Waals surface area contributed by atoms with Crippen molar-refractivity contribution in [1.82, 2.24) is 5.32 Å². The fraction of sp³-hybridized carbons (Fsp3) is 0.400. The largest absolute Gasteiger partial charge is 0.386 e. The molecule has 0 saturated heterocycles. The lowest BCUT2D eigenvalue weighted by atomic mass is 10.0. The Kier molecular flexibility index (Phi) is 5.46. The fourth-order valence-electron chi connectivity index (χ4n) is 2.32. The summed E-state index contributed by atoms with van der Waals surface area (Å²) in [5.74, 6) is 0.250. The van der Waals surface area contributed by atoms with Crippen molar-refractivity contribution in [3.05, 3.63) is 46.0 Å². The van der Waals surface area contributed by atoms with Gasteiger partial charge in [0.15, 0.2) is 0 Å². The van der Waals surface area contributed by atoms with E-state index in [1.165, 1.54) is 0 Å². The van der Waals surface area contributed by atoms with Crippen molar-refractivity contribution in [2.24, 2.45) is 5.92 Å². The van der Waals surface area contributed by atoms with Crippen LogP contribution in [0.1, 0.15) is 30.9 Å². The molecule has 0 heterocycles. The molecule has 2 atom stereocenters. The van der Waals surface area contributed by atoms with Gasteiger partial charge in [-0.1, -0.05) is 41.4 Å². The molecule has 2 rings (SSSR count). The number of nitrogens with one attached hydrogen (secondary N) is 1. The Morgan fingerprint density at radius 2 is 2.10 bits per heavy atom. The van der Waals surface area contributed by atoms with Gasteiger partial charge in [-0.25, -0.2) is 0 Å². The zero-order chi connectivity index (χ0) is 14.5. The number of aliphatic hydroxyl groups is 1. The van der Waals surface area contributed by atoms with Crippen LogP contribution in [0.15, 0.2) is 30.4 Å². The molecule has 0 spiro atoms. The van der Waals surface area contributed by atoms with E-state index >= 15 is 0 Å². The minimum atomic E-state index is -0.903. The molecule has 3 nitrogen and oxygen atoms in total. The molecule has 20 heavy (non-hydrogen) atoms. The summed E-state index contributed by atoms with van der Waals surface area (Å²) >= 11 is 12.0. The van der Waals surface area contributed by atoms with Crippen LogP contribution < -0.4 is 5.32 Å². The highest BCUT2D eigenvalue weighted by Crippen LogP contribution is 2.29. The van der Waals surface area contributed by atoms with Crippen molar-refractivity contribution in [2.45, 2.75) is 25.4 Å². The number of hydrogen-bond acceptors (Lipinski definition) is 2. The van der Waals surface area contributed by atoms with Gasteiger partial charge in [0.25, 0.3) is 0 Å². The standard InChI is InChI=1S/C15H17Cl2NO2/c16-11-6-3-7-12(17)15(11)13(19)9-18-14(20)8-10-4-1-2-5-10/h1,3-4,6-7,10,13,19H,2,5,8-9H2,(H,18,20). The highest BCUT2D eigenvalue weighted by atomic mass is 35.5. The molecule has 1 aromatic carbocycles. The number of rotatable bonds is 5. The Labute approximate surface area is 128 Å². The molecule has 0 bridgehead atoms. The number of halogens is 2. The van der Waals surface area contributed by atoms with Crippen molar-refractivity contribution in [3.63, 3.8) is 0 Å². The smallest absolute Gasteiger partial charge is 0.220 e. The summed E-state index contributed by atoms with van der Waals surface area (Å²) in [6.07, 6.45) is 5.78. The quantitative estimate of drug-likeness (QED) is 0.817. The lowest BCUT2D eigenvalue weighted by Gasteiger charge is -2.16. The molecule has 1 aromatic rings. The molecule has 2 N–H and O–H groups in total. The first-order chi connectivity index (χ1) is 9.58. The topological polar surface area (TPSA) is 49.3 Å². The summed E-state index contributed by atoms with van der Waals surface area (Å²) in [5.41, 5.74) is 0.455. The van der Waals surface area contributed by atoms with Crippen LogP contribution in [0.2, 0.25) is 10.0 Å². The third-order valence-corrected chi connectivity index (χ3v) is 4.04. The van der Waals surface area contributed by atoms with Crippen LogP contribution >= 0.6 is 23.2 Å². The molecule has 2 unspecified atom stereocenters. The Balaban J connectivity index is 1.86. The number of allylic oxidation sites excluding steroid dienone is 2. The van der Waals surface area contributed by atoms with Crippen LogP contribution in [0.5, 0.6) is 0 Å². The first-order valence-corrected chi connectivity index (χ1v) is 7.39. The molecule has 0 radical (unpaired) electrons. The molecule has 1 aliphatic carbocycles. The molecule has 1 amide bonds. The van der Waals surface area contributed by atoms with E-state index in [4.69, 9.17) is 23.2 Å². The van der Waals surface area contributed by atoms with Crippen LogP contribution in [-0.2, 0) is 4.79 Å². The molecule has 5 heteroatoms. The van der Waals surface area contributed by atoms with Crippen LogP contribution in [0, 0.1) is 5.92 Å². The fourth-order valence-corrected chi connectivity index (χ4v) is 2.97. The average molecular weight is 314 g/mol. The number of aliphatic hydroxyl groups excluding tert-OH is 1. The minimum absolute atomic E-state index is 0.0659. The van der Waals surface area contributed by atoms with Crippen molar-refractivity contribution < 1.29 is 9.90 Å². The maximum atomic E-state index is 11.8. The second-order valence-electron chi connectivity index (χ2n) is 4.92. The average Bonchev–Trinajstić information content (AvgIpc) is 2.89. The van der Waals surface area contributed by atoms with Gasteiger partial charge in [0, 0.05) is 28.6 Å². The van der Waals surface area contributed by atoms with Gasteiger partial charge in [0.1, 0.15) is 0 Å². The Bertz CT molecular complexity index is 496. The SMILES string of the molecule is O=C(CC1C=CCC1)NCC(O)c1c(Cl)cccc1Cl. The van der Waals surface area contributed by atoms with Gasteiger partial charge < -0.3 is 10.4 Å². The van der Waals surface area contributed by atoms with E-state index in [1.807, 2.05) is 0 Å². The van der Waals surface area contributed by atoms with E-state index in [9.17, 15) is 9.90 Å². The number of carbonyl (C=O) groups is 1. The van der Waals surface area contributed by atoms with Crippen LogP contribution in [-0.4, -0.2) is 17.6 Å². The maximum Gasteiger partial charge on any atom is 0.220 e. The third kappa shape index (κ3) is 3.98. The maximum absolute atomic E-state index is 11.8. The summed E-state index contributed by atoms with van der Waals surface area (Å²) in [6.45, 7) is 0.110. The number of carbonyl (C=O) groups excluding carboxylic acids is 1. The normalized spacial score (nSPS) is 19.1. The van der Waals surface area contributed by atoms with Gasteiger partial charge >= 0.3 is 0 Å². The Morgan fingerprint density at radius 1 is 1.40 bits per heavy atom. The van der Waals surface area contributed by atoms with Crippen molar-refractivity contribution in [2.75, 3.05) is 6.54 Å². The van der Waals surface area contributed by atoms with Crippen LogP contribution in [0.25, 0.3) is 0 Å². The van der Waals surface area contributed by atoms with Gasteiger partial charge in [0.05, 0.1) is 6.10 Å². The summed E-state index contributed by atoms with van der Waals surface area (Å²) in [4.78, 5) is 11.8. The summed E-state index contributed by atoms with van der Waals surface area (Å²) < 4.78 is 0. The van der Waals surface area contributed by atoms with Gasteiger partial charge in [-0.3, -0.25) is 4.79 Å². The molecule has 108 valence electrons. The van der Waals surface area contributed by atoms with Gasteiger partial charge in [-0.05, 0) is 30.9 Å². The zero-order valence-electron chi connectivity index (χ0n) is 11.0. The molecular weight excluding hydrogens is 297 g/mol. The van der Waals surface area contributed by atoms with Crippen LogP contribution in [0.4, 0.5) is 0 Å². The Hall–Kier alpha value is -1.03. The van der Waals surface area contributed by atoms with E-state index in [0.29, 0.717) is 27.9 Å². The van der Waals surface area contributed by atoms with Crippen LogP contribution in [0.3, 0.4) is 0 Å². The summed E-state index contributed by atoms with van der Waals surface area (Å²) in [6, 6.07) is 5.04.